The minimum absolute atomic E-state index is 0.495. The first kappa shape index (κ1) is 12.0. The van der Waals surface area contributed by atoms with E-state index in [1.165, 1.54) is 25.7 Å². The number of nitrogens with two attached hydrogens (primary N) is 1. The number of aromatic nitrogens is 2. The smallest absolute Gasteiger partial charge is 0.141 e. The Bertz CT molecular complexity index is 378. The molecule has 0 aliphatic heterocycles. The van der Waals surface area contributed by atoms with Crippen molar-refractivity contribution in [2.75, 3.05) is 12.8 Å². The molecule has 88 valence electrons. The number of ether oxygens (including phenoxy) is 1. The predicted octanol–water partition coefficient (Wildman–Crippen LogP) is 2.47. The van der Waals surface area contributed by atoms with E-state index in [0.717, 1.165) is 15.1 Å². The van der Waals surface area contributed by atoms with Crippen LogP contribution in [0.1, 0.15) is 43.1 Å². The van der Waals surface area contributed by atoms with Crippen LogP contribution in [0.25, 0.3) is 0 Å². The molecule has 0 radical (unpaired) electrons. The van der Waals surface area contributed by atoms with Crippen molar-refractivity contribution < 1.29 is 4.74 Å². The van der Waals surface area contributed by atoms with Crippen LogP contribution in [0, 0.1) is 3.57 Å². The van der Waals surface area contributed by atoms with E-state index in [1.807, 2.05) is 0 Å². The van der Waals surface area contributed by atoms with Gasteiger partial charge >= 0.3 is 0 Å². The van der Waals surface area contributed by atoms with E-state index in [1.54, 1.807) is 7.11 Å². The minimum Gasteiger partial charge on any atom is -0.383 e. The first-order chi connectivity index (χ1) is 7.72. The maximum atomic E-state index is 5.91. The van der Waals surface area contributed by atoms with Crippen LogP contribution in [0.4, 0.5) is 5.82 Å². The molecule has 1 saturated carbocycles. The molecule has 1 aromatic rings. The van der Waals surface area contributed by atoms with Crippen LogP contribution in [0.15, 0.2) is 0 Å². The van der Waals surface area contributed by atoms with Crippen molar-refractivity contribution in [1.29, 1.82) is 0 Å². The lowest BCUT2D eigenvalue weighted by molar-refractivity contribution is 0.180. The lowest BCUT2D eigenvalue weighted by Gasteiger charge is -2.12. The van der Waals surface area contributed by atoms with E-state index < -0.39 is 0 Å². The fourth-order valence-electron chi connectivity index (χ4n) is 2.13. The summed E-state index contributed by atoms with van der Waals surface area (Å²) in [6.07, 6.45) is 4.93. The van der Waals surface area contributed by atoms with E-state index in [0.29, 0.717) is 18.3 Å². The normalized spacial score (nSPS) is 16.9. The van der Waals surface area contributed by atoms with Crippen LogP contribution in [-0.4, -0.2) is 17.1 Å². The quantitative estimate of drug-likeness (QED) is 0.864. The monoisotopic (exact) mass is 333 g/mol. The molecule has 0 bridgehead atoms. The number of hydrogen-bond acceptors (Lipinski definition) is 4. The summed E-state index contributed by atoms with van der Waals surface area (Å²) in [5.74, 6) is 1.99. The first-order valence-electron chi connectivity index (χ1n) is 5.53. The molecule has 16 heavy (non-hydrogen) atoms. The van der Waals surface area contributed by atoms with Gasteiger partial charge in [0.1, 0.15) is 11.6 Å². The topological polar surface area (TPSA) is 61.0 Å². The standard InChI is InChI=1S/C11H16IN3O/c1-16-6-8-9(12)10(13)15-11(14-8)7-4-2-3-5-7/h7H,2-6H2,1H3,(H2,13,14,15). The highest BCUT2D eigenvalue weighted by atomic mass is 127. The van der Waals surface area contributed by atoms with Crippen LogP contribution < -0.4 is 5.73 Å². The summed E-state index contributed by atoms with van der Waals surface area (Å²) in [4.78, 5) is 8.98. The zero-order valence-corrected chi connectivity index (χ0v) is 11.5. The van der Waals surface area contributed by atoms with E-state index in [2.05, 4.69) is 32.6 Å². The van der Waals surface area contributed by atoms with E-state index >= 15 is 0 Å². The summed E-state index contributed by atoms with van der Waals surface area (Å²) in [6.45, 7) is 0.505. The van der Waals surface area contributed by atoms with Gasteiger partial charge in [-0.3, -0.25) is 0 Å². The van der Waals surface area contributed by atoms with Gasteiger partial charge in [0.05, 0.1) is 15.9 Å². The van der Waals surface area contributed by atoms with Gasteiger partial charge in [-0.05, 0) is 35.4 Å². The maximum Gasteiger partial charge on any atom is 0.141 e. The molecular weight excluding hydrogens is 317 g/mol. The highest BCUT2D eigenvalue weighted by Gasteiger charge is 2.21. The molecule has 1 aromatic heterocycles. The molecule has 1 fully saturated rings. The van der Waals surface area contributed by atoms with Gasteiger partial charge in [0.15, 0.2) is 0 Å². The number of anilines is 1. The van der Waals surface area contributed by atoms with Crippen molar-refractivity contribution >= 4 is 28.4 Å². The second kappa shape index (κ2) is 5.27. The lowest BCUT2D eigenvalue weighted by atomic mass is 10.1. The molecule has 1 heterocycles. The van der Waals surface area contributed by atoms with Crippen LogP contribution in [-0.2, 0) is 11.3 Å². The van der Waals surface area contributed by atoms with Crippen molar-refractivity contribution in [3.05, 3.63) is 15.1 Å². The molecule has 0 aromatic carbocycles. The van der Waals surface area contributed by atoms with Gasteiger partial charge in [-0.1, -0.05) is 12.8 Å². The second-order valence-corrected chi connectivity index (χ2v) is 5.22. The average molecular weight is 333 g/mol. The SMILES string of the molecule is COCc1nc(C2CCCC2)nc(N)c1I. The Balaban J connectivity index is 2.31. The molecular formula is C11H16IN3O. The van der Waals surface area contributed by atoms with Gasteiger partial charge in [0.25, 0.3) is 0 Å². The Hall–Kier alpha value is -0.430. The van der Waals surface area contributed by atoms with Gasteiger partial charge in [-0.2, -0.15) is 0 Å². The summed E-state index contributed by atoms with van der Waals surface area (Å²) in [7, 11) is 1.67. The maximum absolute atomic E-state index is 5.91. The Morgan fingerprint density at radius 1 is 1.38 bits per heavy atom. The molecule has 0 spiro atoms. The number of halogens is 1. The number of nitrogen functional groups attached to an aromatic ring is 1. The molecule has 1 aliphatic carbocycles. The van der Waals surface area contributed by atoms with Gasteiger partial charge in [0.2, 0.25) is 0 Å². The van der Waals surface area contributed by atoms with Gasteiger partial charge < -0.3 is 10.5 Å². The van der Waals surface area contributed by atoms with Crippen LogP contribution in [0.5, 0.6) is 0 Å². The predicted molar refractivity (Wildman–Crippen MR) is 71.1 cm³/mol. The molecule has 5 heteroatoms. The zero-order chi connectivity index (χ0) is 11.5. The summed E-state index contributed by atoms with van der Waals surface area (Å²) >= 11 is 2.18. The first-order valence-corrected chi connectivity index (χ1v) is 6.61. The van der Waals surface area contributed by atoms with E-state index in [4.69, 9.17) is 10.5 Å². The fourth-order valence-corrected chi connectivity index (χ4v) is 2.53. The molecule has 4 nitrogen and oxygen atoms in total. The highest BCUT2D eigenvalue weighted by molar-refractivity contribution is 14.1. The number of rotatable bonds is 3. The Morgan fingerprint density at radius 2 is 2.06 bits per heavy atom. The second-order valence-electron chi connectivity index (χ2n) is 4.14. The molecule has 2 N–H and O–H groups in total. The highest BCUT2D eigenvalue weighted by Crippen LogP contribution is 2.33. The van der Waals surface area contributed by atoms with Crippen LogP contribution in [0.2, 0.25) is 0 Å². The Kier molecular flexibility index (Phi) is 3.96. The van der Waals surface area contributed by atoms with Crippen LogP contribution >= 0.6 is 22.6 Å². The van der Waals surface area contributed by atoms with E-state index in [9.17, 15) is 0 Å². The molecule has 0 atom stereocenters. The average Bonchev–Trinajstić information content (AvgIpc) is 2.78. The fraction of sp³-hybridized carbons (Fsp3) is 0.636. The van der Waals surface area contributed by atoms with Crippen LogP contribution in [0.3, 0.4) is 0 Å². The van der Waals surface area contributed by atoms with Gasteiger partial charge in [-0.25, -0.2) is 9.97 Å². The third kappa shape index (κ3) is 2.45. The number of methoxy groups -OCH3 is 1. The Morgan fingerprint density at radius 3 is 2.69 bits per heavy atom. The molecule has 0 amide bonds. The molecule has 0 unspecified atom stereocenters. The largest absolute Gasteiger partial charge is 0.383 e. The summed E-state index contributed by atoms with van der Waals surface area (Å²) < 4.78 is 6.05. The summed E-state index contributed by atoms with van der Waals surface area (Å²) in [5.41, 5.74) is 6.82. The lowest BCUT2D eigenvalue weighted by Crippen LogP contribution is -2.10. The van der Waals surface area contributed by atoms with Gasteiger partial charge in [-0.15, -0.1) is 0 Å². The minimum atomic E-state index is 0.495. The third-order valence-corrected chi connectivity index (χ3v) is 4.14. The van der Waals surface area contributed by atoms with Crippen molar-refractivity contribution in [3.63, 3.8) is 0 Å². The van der Waals surface area contributed by atoms with Crippen molar-refractivity contribution in [2.24, 2.45) is 0 Å². The Labute approximate surface area is 109 Å². The molecule has 1 aliphatic rings. The van der Waals surface area contributed by atoms with Gasteiger partial charge in [0, 0.05) is 13.0 Å². The third-order valence-electron chi connectivity index (χ3n) is 2.96. The number of hydrogen-bond donors (Lipinski definition) is 1. The van der Waals surface area contributed by atoms with Crippen molar-refractivity contribution in [1.82, 2.24) is 9.97 Å². The van der Waals surface area contributed by atoms with Crippen molar-refractivity contribution in [2.45, 2.75) is 38.2 Å². The molecule has 2 rings (SSSR count). The molecule has 0 saturated heterocycles. The van der Waals surface area contributed by atoms with E-state index in [-0.39, 0.29) is 0 Å². The number of nitrogens with zero attached hydrogens (tertiary/aromatic N) is 2. The summed E-state index contributed by atoms with van der Waals surface area (Å²) in [5, 5.41) is 0. The van der Waals surface area contributed by atoms with Crippen molar-refractivity contribution in [3.8, 4) is 0 Å². The zero-order valence-electron chi connectivity index (χ0n) is 9.37. The summed E-state index contributed by atoms with van der Waals surface area (Å²) in [6, 6.07) is 0.